The number of rotatable bonds is 5. The van der Waals surface area contributed by atoms with Gasteiger partial charge in [-0.2, -0.15) is 4.98 Å². The van der Waals surface area contributed by atoms with Crippen LogP contribution in [0.3, 0.4) is 0 Å². The van der Waals surface area contributed by atoms with Gasteiger partial charge in [-0.1, -0.05) is 12.1 Å². The molecule has 0 spiro atoms. The summed E-state index contributed by atoms with van der Waals surface area (Å²) in [6.45, 7) is 5.09. The second kappa shape index (κ2) is 6.04. The fourth-order valence-electron chi connectivity index (χ4n) is 2.07. The molecule has 2 rings (SSSR count). The number of hydrogen-bond acceptors (Lipinski definition) is 6. The second-order valence-corrected chi connectivity index (χ2v) is 4.72. The summed E-state index contributed by atoms with van der Waals surface area (Å²) in [5.41, 5.74) is 0.129. The summed E-state index contributed by atoms with van der Waals surface area (Å²) < 4.78 is 7.44. The number of aliphatic hydroxyl groups is 1. The molecule has 0 radical (unpaired) electrons. The van der Waals surface area contributed by atoms with E-state index in [0.717, 1.165) is 4.57 Å². The molecule has 0 amide bonds. The first-order chi connectivity index (χ1) is 9.99. The van der Waals surface area contributed by atoms with Crippen LogP contribution in [0.2, 0.25) is 0 Å². The molecule has 0 saturated carbocycles. The molecule has 0 saturated heterocycles. The predicted molar refractivity (Wildman–Crippen MR) is 74.3 cm³/mol. The highest BCUT2D eigenvalue weighted by atomic mass is 16.5. The lowest BCUT2D eigenvalue weighted by Gasteiger charge is -2.13. The lowest BCUT2D eigenvalue weighted by molar-refractivity contribution is 0.269. The number of aromatic nitrogens is 4. The molecule has 0 aromatic carbocycles. The van der Waals surface area contributed by atoms with E-state index in [1.165, 1.54) is 4.57 Å². The van der Waals surface area contributed by atoms with Crippen molar-refractivity contribution in [3.05, 3.63) is 43.8 Å². The highest BCUT2D eigenvalue weighted by Gasteiger charge is 2.15. The first-order valence-corrected chi connectivity index (χ1v) is 6.72. The molecule has 0 aliphatic heterocycles. The van der Waals surface area contributed by atoms with Crippen LogP contribution in [0, 0.1) is 13.8 Å². The molecule has 8 nitrogen and oxygen atoms in total. The van der Waals surface area contributed by atoms with E-state index >= 15 is 0 Å². The number of nitrogens with zero attached hydrogens (tertiary/aromatic N) is 4. The predicted octanol–water partition coefficient (Wildman–Crippen LogP) is -0.387. The van der Waals surface area contributed by atoms with Gasteiger partial charge < -0.3 is 9.63 Å². The van der Waals surface area contributed by atoms with Gasteiger partial charge in [0.05, 0.1) is 13.2 Å². The van der Waals surface area contributed by atoms with Crippen LogP contribution in [0.1, 0.15) is 29.9 Å². The van der Waals surface area contributed by atoms with E-state index in [9.17, 15) is 9.59 Å². The van der Waals surface area contributed by atoms with Crippen molar-refractivity contribution in [2.24, 2.45) is 0 Å². The third kappa shape index (κ3) is 2.80. The molecular formula is C13H18N4O4. The maximum absolute atomic E-state index is 12.4. The van der Waals surface area contributed by atoms with Gasteiger partial charge in [0.1, 0.15) is 6.54 Å². The van der Waals surface area contributed by atoms with Crippen LogP contribution in [-0.2, 0) is 19.5 Å². The number of aryl methyl sites for hydroxylation is 1. The molecule has 2 aromatic rings. The molecule has 2 aromatic heterocycles. The van der Waals surface area contributed by atoms with Crippen LogP contribution >= 0.6 is 0 Å². The van der Waals surface area contributed by atoms with Gasteiger partial charge >= 0.3 is 5.69 Å². The van der Waals surface area contributed by atoms with E-state index in [2.05, 4.69) is 10.1 Å². The molecule has 0 atom stereocenters. The maximum atomic E-state index is 12.4. The van der Waals surface area contributed by atoms with E-state index < -0.39 is 5.69 Å². The molecule has 0 unspecified atom stereocenters. The lowest BCUT2D eigenvalue weighted by Crippen LogP contribution is -2.43. The fraction of sp³-hybridized carbons (Fsp3) is 0.538. The number of aliphatic hydroxyl groups excluding tert-OH is 1. The minimum Gasteiger partial charge on any atom is -0.395 e. The Hall–Kier alpha value is -2.22. The molecular weight excluding hydrogens is 276 g/mol. The average molecular weight is 294 g/mol. The van der Waals surface area contributed by atoms with E-state index in [1.807, 2.05) is 6.92 Å². The average Bonchev–Trinajstić information content (AvgIpc) is 2.94. The van der Waals surface area contributed by atoms with Crippen LogP contribution in [0.15, 0.2) is 14.1 Å². The van der Waals surface area contributed by atoms with Gasteiger partial charge in [-0.3, -0.25) is 13.9 Å². The molecule has 0 aliphatic rings. The SMILES string of the molecule is CCc1noc(Cn2c(=O)c(C)c(C)n(CCO)c2=O)n1. The van der Waals surface area contributed by atoms with Crippen molar-refractivity contribution in [1.29, 1.82) is 0 Å². The van der Waals surface area contributed by atoms with Gasteiger partial charge in [-0.05, 0) is 13.8 Å². The summed E-state index contributed by atoms with van der Waals surface area (Å²) in [4.78, 5) is 28.7. The highest BCUT2D eigenvalue weighted by Crippen LogP contribution is 2.02. The topological polar surface area (TPSA) is 103 Å². The Morgan fingerprint density at radius 3 is 2.52 bits per heavy atom. The van der Waals surface area contributed by atoms with Gasteiger partial charge in [-0.15, -0.1) is 0 Å². The molecule has 21 heavy (non-hydrogen) atoms. The van der Waals surface area contributed by atoms with Crippen molar-refractivity contribution in [3.8, 4) is 0 Å². The maximum Gasteiger partial charge on any atom is 0.331 e. The fourth-order valence-corrected chi connectivity index (χ4v) is 2.07. The molecule has 2 heterocycles. The van der Waals surface area contributed by atoms with Gasteiger partial charge in [0, 0.05) is 17.7 Å². The van der Waals surface area contributed by atoms with Crippen LogP contribution in [0.5, 0.6) is 0 Å². The standard InChI is InChI=1S/C13H18N4O4/c1-4-10-14-11(21-15-10)7-17-12(19)8(2)9(3)16(5-6-18)13(17)20/h18H,4-7H2,1-3H3. The monoisotopic (exact) mass is 294 g/mol. The van der Waals surface area contributed by atoms with Crippen molar-refractivity contribution in [2.75, 3.05) is 6.61 Å². The Morgan fingerprint density at radius 2 is 1.95 bits per heavy atom. The summed E-state index contributed by atoms with van der Waals surface area (Å²) in [5.74, 6) is 0.738. The summed E-state index contributed by atoms with van der Waals surface area (Å²) in [6.07, 6.45) is 0.611. The molecule has 0 fully saturated rings. The van der Waals surface area contributed by atoms with Crippen LogP contribution in [0.25, 0.3) is 0 Å². The smallest absolute Gasteiger partial charge is 0.331 e. The summed E-state index contributed by atoms with van der Waals surface area (Å²) in [7, 11) is 0. The summed E-state index contributed by atoms with van der Waals surface area (Å²) in [5, 5.41) is 12.8. The van der Waals surface area contributed by atoms with E-state index in [4.69, 9.17) is 9.63 Å². The van der Waals surface area contributed by atoms with E-state index in [0.29, 0.717) is 23.5 Å². The third-order valence-electron chi connectivity index (χ3n) is 3.42. The quantitative estimate of drug-likeness (QED) is 0.805. The van der Waals surface area contributed by atoms with Crippen molar-refractivity contribution in [3.63, 3.8) is 0 Å². The van der Waals surface area contributed by atoms with Crippen molar-refractivity contribution in [2.45, 2.75) is 40.3 Å². The zero-order chi connectivity index (χ0) is 15.6. The molecule has 0 bridgehead atoms. The highest BCUT2D eigenvalue weighted by molar-refractivity contribution is 5.15. The minimum absolute atomic E-state index is 0.0722. The third-order valence-corrected chi connectivity index (χ3v) is 3.42. The first kappa shape index (κ1) is 15.2. The van der Waals surface area contributed by atoms with Crippen LogP contribution in [-0.4, -0.2) is 31.0 Å². The van der Waals surface area contributed by atoms with Crippen molar-refractivity contribution < 1.29 is 9.63 Å². The van der Waals surface area contributed by atoms with Gasteiger partial charge in [0.25, 0.3) is 5.56 Å². The Bertz CT molecular complexity index is 757. The lowest BCUT2D eigenvalue weighted by atomic mass is 10.2. The van der Waals surface area contributed by atoms with E-state index in [-0.39, 0.29) is 31.1 Å². The van der Waals surface area contributed by atoms with Gasteiger partial charge in [0.2, 0.25) is 5.89 Å². The summed E-state index contributed by atoms with van der Waals surface area (Å²) >= 11 is 0. The Kier molecular flexibility index (Phi) is 4.37. The van der Waals surface area contributed by atoms with Gasteiger partial charge in [-0.25, -0.2) is 4.79 Å². The van der Waals surface area contributed by atoms with Crippen LogP contribution in [0.4, 0.5) is 0 Å². The number of hydrogen-bond donors (Lipinski definition) is 1. The van der Waals surface area contributed by atoms with Gasteiger partial charge in [0.15, 0.2) is 5.82 Å². The van der Waals surface area contributed by atoms with Crippen molar-refractivity contribution in [1.82, 2.24) is 19.3 Å². The molecule has 0 aliphatic carbocycles. The van der Waals surface area contributed by atoms with E-state index in [1.54, 1.807) is 13.8 Å². The Morgan fingerprint density at radius 1 is 1.24 bits per heavy atom. The molecule has 114 valence electrons. The second-order valence-electron chi connectivity index (χ2n) is 4.72. The Balaban J connectivity index is 2.52. The largest absolute Gasteiger partial charge is 0.395 e. The minimum atomic E-state index is -0.492. The first-order valence-electron chi connectivity index (χ1n) is 6.72. The van der Waals surface area contributed by atoms with Crippen molar-refractivity contribution >= 4 is 0 Å². The zero-order valence-electron chi connectivity index (χ0n) is 12.3. The molecule has 1 N–H and O–H groups in total. The Labute approximate surface area is 120 Å². The summed E-state index contributed by atoms with van der Waals surface area (Å²) in [6, 6.07) is 0. The van der Waals surface area contributed by atoms with Crippen LogP contribution < -0.4 is 11.2 Å². The molecule has 8 heteroatoms. The normalized spacial score (nSPS) is 11.0. The zero-order valence-corrected chi connectivity index (χ0v) is 12.3.